The maximum Gasteiger partial charge on any atom is 0.326 e. The second-order valence-corrected chi connectivity index (χ2v) is 5.54. The minimum Gasteiger partial charge on any atom is -0.480 e. The first-order valence-corrected chi connectivity index (χ1v) is 7.31. The van der Waals surface area contributed by atoms with Crippen LogP contribution in [0, 0.1) is 11.8 Å². The molecule has 1 aliphatic carbocycles. The van der Waals surface area contributed by atoms with Crippen LogP contribution in [0.3, 0.4) is 0 Å². The molecule has 2 amide bonds. The van der Waals surface area contributed by atoms with Gasteiger partial charge in [0, 0.05) is 6.54 Å². The van der Waals surface area contributed by atoms with Gasteiger partial charge in [-0.1, -0.05) is 46.0 Å². The molecule has 110 valence electrons. The molecule has 2 atom stereocenters. The fourth-order valence-corrected chi connectivity index (χ4v) is 2.56. The Morgan fingerprint density at radius 2 is 1.95 bits per heavy atom. The molecule has 0 aliphatic heterocycles. The Kier molecular flexibility index (Phi) is 6.67. The number of carboxylic acids is 1. The van der Waals surface area contributed by atoms with Crippen LogP contribution >= 0.6 is 0 Å². The van der Waals surface area contributed by atoms with E-state index in [-0.39, 0.29) is 11.9 Å². The summed E-state index contributed by atoms with van der Waals surface area (Å²) in [6.07, 6.45) is 6.83. The second kappa shape index (κ2) is 8.02. The Labute approximate surface area is 115 Å². The van der Waals surface area contributed by atoms with Crippen molar-refractivity contribution in [1.82, 2.24) is 10.6 Å². The van der Waals surface area contributed by atoms with E-state index in [2.05, 4.69) is 10.6 Å². The largest absolute Gasteiger partial charge is 0.480 e. The van der Waals surface area contributed by atoms with Crippen LogP contribution in [0.1, 0.15) is 52.4 Å². The first kappa shape index (κ1) is 15.8. The number of urea groups is 1. The van der Waals surface area contributed by atoms with Gasteiger partial charge in [-0.2, -0.15) is 0 Å². The standard InChI is InChI=1S/C14H26N2O3/c1-3-10(2)12(13(17)18)16-14(19)15-9-8-11-6-4-5-7-11/h10-12H,3-9H2,1-2H3,(H,17,18)(H2,15,16,19). The smallest absolute Gasteiger partial charge is 0.326 e. The molecular weight excluding hydrogens is 244 g/mol. The highest BCUT2D eigenvalue weighted by molar-refractivity contribution is 5.82. The number of nitrogens with one attached hydrogen (secondary N) is 2. The number of carbonyl (C=O) groups excluding carboxylic acids is 1. The molecule has 0 heterocycles. The molecule has 0 aromatic carbocycles. The third-order valence-electron chi connectivity index (χ3n) is 4.08. The maximum absolute atomic E-state index is 11.7. The average molecular weight is 270 g/mol. The third-order valence-corrected chi connectivity index (χ3v) is 4.08. The van der Waals surface area contributed by atoms with Crippen molar-refractivity contribution in [3.8, 4) is 0 Å². The van der Waals surface area contributed by atoms with Crippen molar-refractivity contribution < 1.29 is 14.7 Å². The van der Waals surface area contributed by atoms with Crippen LogP contribution in [-0.4, -0.2) is 29.7 Å². The van der Waals surface area contributed by atoms with Crippen LogP contribution in [0.4, 0.5) is 4.79 Å². The summed E-state index contributed by atoms with van der Waals surface area (Å²) in [5.74, 6) is -0.316. The van der Waals surface area contributed by atoms with E-state index in [4.69, 9.17) is 5.11 Å². The Bertz CT molecular complexity index is 301. The molecule has 3 N–H and O–H groups in total. The summed E-state index contributed by atoms with van der Waals surface area (Å²) in [6, 6.07) is -1.18. The molecule has 0 bridgehead atoms. The summed E-state index contributed by atoms with van der Waals surface area (Å²) < 4.78 is 0. The Hall–Kier alpha value is -1.26. The molecule has 5 heteroatoms. The number of carboxylic acid groups (broad SMARTS) is 1. The Morgan fingerprint density at radius 3 is 2.47 bits per heavy atom. The van der Waals surface area contributed by atoms with Gasteiger partial charge in [0.05, 0.1) is 0 Å². The minimum atomic E-state index is -0.972. The fraction of sp³-hybridized carbons (Fsp3) is 0.857. The second-order valence-electron chi connectivity index (χ2n) is 5.54. The van der Waals surface area contributed by atoms with E-state index in [1.165, 1.54) is 25.7 Å². The van der Waals surface area contributed by atoms with Gasteiger partial charge < -0.3 is 15.7 Å². The quantitative estimate of drug-likeness (QED) is 0.664. The first-order chi connectivity index (χ1) is 9.04. The lowest BCUT2D eigenvalue weighted by molar-refractivity contribution is -0.140. The van der Waals surface area contributed by atoms with Gasteiger partial charge in [0.25, 0.3) is 0 Å². The van der Waals surface area contributed by atoms with E-state index < -0.39 is 12.0 Å². The highest BCUT2D eigenvalue weighted by Crippen LogP contribution is 2.26. The summed E-state index contributed by atoms with van der Waals surface area (Å²) >= 11 is 0. The lowest BCUT2D eigenvalue weighted by atomic mass is 9.99. The maximum atomic E-state index is 11.7. The van der Waals surface area contributed by atoms with Crippen molar-refractivity contribution >= 4 is 12.0 Å². The molecule has 1 saturated carbocycles. The SMILES string of the molecule is CCC(C)C(NC(=O)NCCC1CCCC1)C(=O)O. The summed E-state index contributed by atoms with van der Waals surface area (Å²) in [7, 11) is 0. The van der Waals surface area contributed by atoms with Crippen LogP contribution in [0.2, 0.25) is 0 Å². The van der Waals surface area contributed by atoms with E-state index in [1.54, 1.807) is 0 Å². The zero-order valence-electron chi connectivity index (χ0n) is 11.9. The molecule has 19 heavy (non-hydrogen) atoms. The lowest BCUT2D eigenvalue weighted by Gasteiger charge is -2.20. The third kappa shape index (κ3) is 5.49. The van der Waals surface area contributed by atoms with Gasteiger partial charge >= 0.3 is 12.0 Å². The number of carbonyl (C=O) groups is 2. The highest BCUT2D eigenvalue weighted by atomic mass is 16.4. The minimum absolute atomic E-state index is 0.0712. The monoisotopic (exact) mass is 270 g/mol. The molecule has 0 spiro atoms. The van der Waals surface area contributed by atoms with E-state index in [0.717, 1.165) is 18.8 Å². The molecule has 1 fully saturated rings. The summed E-state index contributed by atoms with van der Waals surface area (Å²) in [5, 5.41) is 14.4. The molecule has 1 rings (SSSR count). The summed E-state index contributed by atoms with van der Waals surface area (Å²) in [4.78, 5) is 22.7. The van der Waals surface area contributed by atoms with Crippen LogP contribution in [0.25, 0.3) is 0 Å². The number of hydrogen-bond donors (Lipinski definition) is 3. The predicted molar refractivity (Wildman–Crippen MR) is 74.0 cm³/mol. The zero-order valence-corrected chi connectivity index (χ0v) is 11.9. The Morgan fingerprint density at radius 1 is 1.32 bits per heavy atom. The summed E-state index contributed by atoms with van der Waals surface area (Å²) in [5.41, 5.74) is 0. The van der Waals surface area contributed by atoms with Gasteiger partial charge in [0.15, 0.2) is 0 Å². The number of rotatable bonds is 7. The zero-order chi connectivity index (χ0) is 14.3. The van der Waals surface area contributed by atoms with Gasteiger partial charge in [0.1, 0.15) is 6.04 Å². The van der Waals surface area contributed by atoms with Crippen LogP contribution < -0.4 is 10.6 Å². The van der Waals surface area contributed by atoms with Crippen molar-refractivity contribution in [2.75, 3.05) is 6.54 Å². The normalized spacial score (nSPS) is 18.8. The van der Waals surface area contributed by atoms with Gasteiger partial charge in [-0.05, 0) is 18.3 Å². The van der Waals surface area contributed by atoms with Crippen molar-refractivity contribution in [1.29, 1.82) is 0 Å². The van der Waals surface area contributed by atoms with E-state index in [0.29, 0.717) is 6.54 Å². The molecule has 0 aromatic rings. The summed E-state index contributed by atoms with van der Waals surface area (Å²) in [6.45, 7) is 4.38. The molecular formula is C14H26N2O3. The molecule has 5 nitrogen and oxygen atoms in total. The van der Waals surface area contributed by atoms with E-state index in [9.17, 15) is 9.59 Å². The fourth-order valence-electron chi connectivity index (χ4n) is 2.56. The topological polar surface area (TPSA) is 78.4 Å². The van der Waals surface area contributed by atoms with E-state index in [1.807, 2.05) is 13.8 Å². The Balaban J connectivity index is 2.25. The van der Waals surface area contributed by atoms with Crippen LogP contribution in [-0.2, 0) is 4.79 Å². The number of hydrogen-bond acceptors (Lipinski definition) is 2. The average Bonchev–Trinajstić information content (AvgIpc) is 2.87. The molecule has 0 radical (unpaired) electrons. The van der Waals surface area contributed by atoms with Gasteiger partial charge in [-0.25, -0.2) is 9.59 Å². The van der Waals surface area contributed by atoms with Gasteiger partial charge in [0.2, 0.25) is 0 Å². The number of aliphatic carboxylic acids is 1. The molecule has 0 aromatic heterocycles. The van der Waals surface area contributed by atoms with Crippen molar-refractivity contribution in [2.24, 2.45) is 11.8 Å². The van der Waals surface area contributed by atoms with Gasteiger partial charge in [-0.15, -0.1) is 0 Å². The predicted octanol–water partition coefficient (Wildman–Crippen LogP) is 2.37. The molecule has 1 aliphatic rings. The highest BCUT2D eigenvalue weighted by Gasteiger charge is 2.25. The van der Waals surface area contributed by atoms with Crippen molar-refractivity contribution in [2.45, 2.75) is 58.4 Å². The van der Waals surface area contributed by atoms with Crippen LogP contribution in [0.15, 0.2) is 0 Å². The van der Waals surface area contributed by atoms with Crippen molar-refractivity contribution in [3.63, 3.8) is 0 Å². The van der Waals surface area contributed by atoms with Crippen LogP contribution in [0.5, 0.6) is 0 Å². The first-order valence-electron chi connectivity index (χ1n) is 7.31. The molecule has 2 unspecified atom stereocenters. The van der Waals surface area contributed by atoms with E-state index >= 15 is 0 Å². The number of amides is 2. The molecule has 0 saturated heterocycles. The lowest BCUT2D eigenvalue weighted by Crippen LogP contribution is -2.49. The van der Waals surface area contributed by atoms with Gasteiger partial charge in [-0.3, -0.25) is 0 Å². The van der Waals surface area contributed by atoms with Crippen molar-refractivity contribution in [3.05, 3.63) is 0 Å².